The van der Waals surface area contributed by atoms with Crippen LogP contribution in [0.4, 0.5) is 10.3 Å². The van der Waals surface area contributed by atoms with Crippen molar-refractivity contribution >= 4 is 62.6 Å². The van der Waals surface area contributed by atoms with Crippen molar-refractivity contribution in [3.05, 3.63) is 28.8 Å². The number of rotatable bonds is 10. The summed E-state index contributed by atoms with van der Waals surface area (Å²) in [5.74, 6) is 0.932. The van der Waals surface area contributed by atoms with Gasteiger partial charge in [-0.3, -0.25) is 20.2 Å². The molecule has 3 rings (SSSR count). The summed E-state index contributed by atoms with van der Waals surface area (Å²) >= 11 is 3.66. The highest BCUT2D eigenvalue weighted by Crippen LogP contribution is 2.38. The zero-order chi connectivity index (χ0) is 23.8. The molecule has 0 aliphatic heterocycles. The third kappa shape index (κ3) is 6.87. The van der Waals surface area contributed by atoms with Gasteiger partial charge in [-0.1, -0.05) is 34.4 Å². The standard InChI is InChI=1S/C19H20N6O5S3/c1-10-22-23-17(32-10)21-15(27)9-31-19-25-24-18(33-19)20-14(26)6-5-11-7-12(28-2)16(30-4)13(8-11)29-3/h5-8H,9H2,1-4H3,(H,20,24,26)(H,21,23,27)/b6-5+. The van der Waals surface area contributed by atoms with Crippen LogP contribution in [0.15, 0.2) is 22.5 Å². The first kappa shape index (κ1) is 24.4. The molecule has 33 heavy (non-hydrogen) atoms. The Morgan fingerprint density at radius 1 is 0.970 bits per heavy atom. The number of anilines is 2. The molecule has 14 heteroatoms. The van der Waals surface area contributed by atoms with Crippen molar-refractivity contribution in [1.29, 1.82) is 0 Å². The molecule has 0 bridgehead atoms. The zero-order valence-corrected chi connectivity index (χ0v) is 20.5. The van der Waals surface area contributed by atoms with Gasteiger partial charge in [0, 0.05) is 6.08 Å². The molecule has 0 saturated heterocycles. The first-order chi connectivity index (χ1) is 15.9. The van der Waals surface area contributed by atoms with Gasteiger partial charge in [0.1, 0.15) is 5.01 Å². The van der Waals surface area contributed by atoms with Crippen molar-refractivity contribution in [3.63, 3.8) is 0 Å². The molecular formula is C19H20N6O5S3. The van der Waals surface area contributed by atoms with Gasteiger partial charge in [0.25, 0.3) is 0 Å². The molecule has 3 aromatic rings. The first-order valence-electron chi connectivity index (χ1n) is 9.27. The molecule has 0 saturated carbocycles. The molecule has 174 valence electrons. The molecule has 2 aromatic heterocycles. The van der Waals surface area contributed by atoms with Crippen molar-refractivity contribution < 1.29 is 23.8 Å². The van der Waals surface area contributed by atoms with Crippen LogP contribution in [-0.4, -0.2) is 59.3 Å². The number of nitrogens with zero attached hydrogens (tertiary/aromatic N) is 4. The third-order valence-corrected chi connectivity index (χ3v) is 6.58. The minimum atomic E-state index is -0.388. The summed E-state index contributed by atoms with van der Waals surface area (Å²) < 4.78 is 16.4. The van der Waals surface area contributed by atoms with Crippen LogP contribution in [0, 0.1) is 6.92 Å². The minimum absolute atomic E-state index is 0.127. The minimum Gasteiger partial charge on any atom is -0.493 e. The van der Waals surface area contributed by atoms with Crippen molar-refractivity contribution in [2.45, 2.75) is 11.3 Å². The van der Waals surface area contributed by atoms with Crippen LogP contribution in [0.5, 0.6) is 17.2 Å². The lowest BCUT2D eigenvalue weighted by atomic mass is 10.1. The number of amides is 2. The van der Waals surface area contributed by atoms with E-state index >= 15 is 0 Å². The highest BCUT2D eigenvalue weighted by Gasteiger charge is 2.13. The molecule has 2 heterocycles. The lowest BCUT2D eigenvalue weighted by Gasteiger charge is -2.12. The van der Waals surface area contributed by atoms with Crippen LogP contribution < -0.4 is 24.8 Å². The molecule has 0 aliphatic carbocycles. The fourth-order valence-corrected chi connectivity index (χ4v) is 4.63. The van der Waals surface area contributed by atoms with Crippen molar-refractivity contribution in [2.24, 2.45) is 0 Å². The van der Waals surface area contributed by atoms with E-state index in [1.165, 1.54) is 61.8 Å². The Balaban J connectivity index is 1.54. The maximum Gasteiger partial charge on any atom is 0.250 e. The largest absolute Gasteiger partial charge is 0.493 e. The number of methoxy groups -OCH3 is 3. The second-order valence-electron chi connectivity index (χ2n) is 6.12. The van der Waals surface area contributed by atoms with E-state index in [-0.39, 0.29) is 17.6 Å². The smallest absolute Gasteiger partial charge is 0.250 e. The molecule has 0 fully saturated rings. The van der Waals surface area contributed by atoms with Crippen LogP contribution >= 0.6 is 34.4 Å². The molecule has 0 aliphatic rings. The molecule has 11 nitrogen and oxygen atoms in total. The summed E-state index contributed by atoms with van der Waals surface area (Å²) in [4.78, 5) is 24.3. The van der Waals surface area contributed by atoms with E-state index in [4.69, 9.17) is 14.2 Å². The third-order valence-electron chi connectivity index (χ3n) is 3.85. The lowest BCUT2D eigenvalue weighted by molar-refractivity contribution is -0.114. The number of nitrogens with one attached hydrogen (secondary N) is 2. The average molecular weight is 509 g/mol. The number of ether oxygens (including phenoxy) is 3. The molecule has 0 radical (unpaired) electrons. The highest BCUT2D eigenvalue weighted by atomic mass is 32.2. The van der Waals surface area contributed by atoms with Gasteiger partial charge in [0.2, 0.25) is 27.8 Å². The molecule has 2 N–H and O–H groups in total. The second-order valence-corrected chi connectivity index (χ2v) is 9.50. The SMILES string of the molecule is COc1cc(/C=C/C(=O)Nc2nnc(SCC(=O)Nc3nnc(C)s3)s2)cc(OC)c1OC. The zero-order valence-electron chi connectivity index (χ0n) is 18.1. The summed E-state index contributed by atoms with van der Waals surface area (Å²) in [5, 5.41) is 22.4. The Hall–Kier alpha value is -3.23. The van der Waals surface area contributed by atoms with Gasteiger partial charge in [-0.2, -0.15) is 0 Å². The Bertz CT molecular complexity index is 1140. The van der Waals surface area contributed by atoms with Crippen LogP contribution in [0.25, 0.3) is 6.08 Å². The first-order valence-corrected chi connectivity index (χ1v) is 11.9. The summed E-state index contributed by atoms with van der Waals surface area (Å²) in [7, 11) is 4.55. The summed E-state index contributed by atoms with van der Waals surface area (Å²) in [5.41, 5.74) is 0.685. The molecule has 1 aromatic carbocycles. The van der Waals surface area contributed by atoms with Gasteiger partial charge < -0.3 is 14.2 Å². The molecule has 0 atom stereocenters. The number of benzene rings is 1. The Morgan fingerprint density at radius 2 is 1.64 bits per heavy atom. The molecule has 2 amide bonds. The van der Waals surface area contributed by atoms with Crippen molar-refractivity contribution in [2.75, 3.05) is 37.7 Å². The van der Waals surface area contributed by atoms with E-state index in [9.17, 15) is 9.59 Å². The number of aromatic nitrogens is 4. The fraction of sp³-hybridized carbons (Fsp3) is 0.263. The number of hydrogen-bond donors (Lipinski definition) is 2. The van der Waals surface area contributed by atoms with E-state index in [0.717, 1.165) is 5.01 Å². The fourth-order valence-electron chi connectivity index (χ4n) is 2.46. The van der Waals surface area contributed by atoms with Crippen molar-refractivity contribution in [3.8, 4) is 17.2 Å². The van der Waals surface area contributed by atoms with E-state index in [2.05, 4.69) is 31.0 Å². The highest BCUT2D eigenvalue weighted by molar-refractivity contribution is 8.01. The van der Waals surface area contributed by atoms with Crippen molar-refractivity contribution in [1.82, 2.24) is 20.4 Å². The predicted octanol–water partition coefficient (Wildman–Crippen LogP) is 3.11. The average Bonchev–Trinajstić information content (AvgIpc) is 3.43. The number of thioether (sulfide) groups is 1. The topological polar surface area (TPSA) is 137 Å². The quantitative estimate of drug-likeness (QED) is 0.239. The summed E-state index contributed by atoms with van der Waals surface area (Å²) in [6.07, 6.45) is 2.96. The monoisotopic (exact) mass is 508 g/mol. The number of carbonyl (C=O) groups excluding carboxylic acids is 2. The van der Waals surface area contributed by atoms with E-state index in [1.54, 1.807) is 25.1 Å². The molecule has 0 spiro atoms. The Kier molecular flexibility index (Phi) is 8.57. The van der Waals surface area contributed by atoms with E-state index < -0.39 is 0 Å². The van der Waals surface area contributed by atoms with Crippen LogP contribution in [0.1, 0.15) is 10.6 Å². The number of carbonyl (C=O) groups is 2. The van der Waals surface area contributed by atoms with Gasteiger partial charge in [0.05, 0.1) is 27.1 Å². The van der Waals surface area contributed by atoms with Gasteiger partial charge >= 0.3 is 0 Å². The van der Waals surface area contributed by atoms with Gasteiger partial charge in [0.15, 0.2) is 15.8 Å². The predicted molar refractivity (Wildman–Crippen MR) is 128 cm³/mol. The van der Waals surface area contributed by atoms with Crippen LogP contribution in [0.2, 0.25) is 0 Å². The Morgan fingerprint density at radius 3 is 2.24 bits per heavy atom. The summed E-state index contributed by atoms with van der Waals surface area (Å²) in [6, 6.07) is 3.44. The molecular weight excluding hydrogens is 488 g/mol. The molecule has 0 unspecified atom stereocenters. The van der Waals surface area contributed by atoms with E-state index in [0.29, 0.717) is 37.4 Å². The lowest BCUT2D eigenvalue weighted by Crippen LogP contribution is -2.13. The second kappa shape index (κ2) is 11.6. The number of aryl methyl sites for hydroxylation is 1. The maximum atomic E-state index is 12.3. The summed E-state index contributed by atoms with van der Waals surface area (Å²) in [6.45, 7) is 1.80. The Labute approximate surface area is 201 Å². The van der Waals surface area contributed by atoms with Crippen LogP contribution in [-0.2, 0) is 9.59 Å². The van der Waals surface area contributed by atoms with Gasteiger partial charge in [-0.15, -0.1) is 20.4 Å². The number of hydrogen-bond acceptors (Lipinski definition) is 12. The van der Waals surface area contributed by atoms with Crippen LogP contribution in [0.3, 0.4) is 0 Å². The van der Waals surface area contributed by atoms with Gasteiger partial charge in [-0.05, 0) is 30.7 Å². The maximum absolute atomic E-state index is 12.3. The normalized spacial score (nSPS) is 10.8. The van der Waals surface area contributed by atoms with Gasteiger partial charge in [-0.25, -0.2) is 0 Å². The van der Waals surface area contributed by atoms with E-state index in [1.807, 2.05) is 0 Å².